The minimum Gasteiger partial charge on any atom is -0.494 e. The van der Waals surface area contributed by atoms with Crippen molar-refractivity contribution in [3.8, 4) is 5.75 Å². The van der Waals surface area contributed by atoms with Crippen LogP contribution in [0.25, 0.3) is 0 Å². The summed E-state index contributed by atoms with van der Waals surface area (Å²) in [6.45, 7) is 6.83. The summed E-state index contributed by atoms with van der Waals surface area (Å²) in [5.41, 5.74) is 11.1. The molecule has 0 aliphatic rings. The first-order chi connectivity index (χ1) is 9.13. The quantitative estimate of drug-likeness (QED) is 0.903. The second-order valence-electron chi connectivity index (χ2n) is 4.81. The summed E-state index contributed by atoms with van der Waals surface area (Å²) in [5, 5.41) is 0. The summed E-state index contributed by atoms with van der Waals surface area (Å²) in [7, 11) is 0. The molecule has 0 aliphatic heterocycles. The fraction of sp³-hybridized carbons (Fsp3) is 0.294. The van der Waals surface area contributed by atoms with E-state index in [4.69, 9.17) is 10.5 Å². The van der Waals surface area contributed by atoms with Crippen molar-refractivity contribution in [1.29, 1.82) is 0 Å². The van der Waals surface area contributed by atoms with Crippen LogP contribution in [0.4, 0.5) is 0 Å². The van der Waals surface area contributed by atoms with Crippen LogP contribution in [0.2, 0.25) is 0 Å². The summed E-state index contributed by atoms with van der Waals surface area (Å²) in [6, 6.07) is 14.2. The molecule has 100 valence electrons. The summed E-state index contributed by atoms with van der Waals surface area (Å²) in [5.74, 6) is 0.873. The van der Waals surface area contributed by atoms with Gasteiger partial charge in [0, 0.05) is 5.56 Å². The normalized spacial score (nSPS) is 12.2. The van der Waals surface area contributed by atoms with E-state index in [1.807, 2.05) is 31.2 Å². The molecule has 1 atom stereocenters. The molecule has 2 N–H and O–H groups in total. The van der Waals surface area contributed by atoms with E-state index >= 15 is 0 Å². The first kappa shape index (κ1) is 13.6. The van der Waals surface area contributed by atoms with Gasteiger partial charge in [-0.3, -0.25) is 0 Å². The van der Waals surface area contributed by atoms with Crippen LogP contribution in [0.15, 0.2) is 42.5 Å². The van der Waals surface area contributed by atoms with Crippen molar-refractivity contribution >= 4 is 0 Å². The van der Waals surface area contributed by atoms with Crippen molar-refractivity contribution in [2.24, 2.45) is 5.73 Å². The lowest BCUT2D eigenvalue weighted by molar-refractivity contribution is 0.335. The highest BCUT2D eigenvalue weighted by Gasteiger charge is 2.15. The highest BCUT2D eigenvalue weighted by atomic mass is 16.5. The Morgan fingerprint density at radius 3 is 2.47 bits per heavy atom. The van der Waals surface area contributed by atoms with Crippen LogP contribution < -0.4 is 10.5 Å². The third kappa shape index (κ3) is 2.96. The highest BCUT2D eigenvalue weighted by molar-refractivity contribution is 5.44. The first-order valence-corrected chi connectivity index (χ1v) is 6.68. The Bertz CT molecular complexity index is 563. The van der Waals surface area contributed by atoms with Crippen LogP contribution in [-0.2, 0) is 0 Å². The minimum atomic E-state index is -0.150. The maximum atomic E-state index is 6.42. The van der Waals surface area contributed by atoms with Gasteiger partial charge < -0.3 is 10.5 Å². The molecule has 0 saturated heterocycles. The summed E-state index contributed by atoms with van der Waals surface area (Å²) >= 11 is 0. The average Bonchev–Trinajstić information content (AvgIpc) is 2.39. The standard InChI is InChI=1S/C17H21NO/c1-4-19-16-8-6-5-7-15(16)17(18)14-10-9-12(2)11-13(14)3/h5-11,17H,4,18H2,1-3H3. The molecule has 0 radical (unpaired) electrons. The highest BCUT2D eigenvalue weighted by Crippen LogP contribution is 2.30. The van der Waals surface area contributed by atoms with E-state index < -0.39 is 0 Å². The van der Waals surface area contributed by atoms with E-state index in [1.165, 1.54) is 11.1 Å². The summed E-state index contributed by atoms with van der Waals surface area (Å²) < 4.78 is 5.66. The maximum absolute atomic E-state index is 6.42. The number of hydrogen-bond donors (Lipinski definition) is 1. The van der Waals surface area contributed by atoms with E-state index in [1.54, 1.807) is 0 Å². The first-order valence-electron chi connectivity index (χ1n) is 6.68. The minimum absolute atomic E-state index is 0.150. The Balaban J connectivity index is 2.41. The van der Waals surface area contributed by atoms with Crippen molar-refractivity contribution in [3.05, 3.63) is 64.7 Å². The van der Waals surface area contributed by atoms with Gasteiger partial charge in [0.15, 0.2) is 0 Å². The number of nitrogens with two attached hydrogens (primary N) is 1. The van der Waals surface area contributed by atoms with Gasteiger partial charge in [-0.05, 0) is 38.0 Å². The van der Waals surface area contributed by atoms with E-state index in [0.717, 1.165) is 16.9 Å². The van der Waals surface area contributed by atoms with Crippen molar-refractivity contribution in [1.82, 2.24) is 0 Å². The Kier molecular flexibility index (Phi) is 4.23. The molecule has 0 fully saturated rings. The van der Waals surface area contributed by atoms with E-state index in [2.05, 4.69) is 32.0 Å². The van der Waals surface area contributed by atoms with Crippen LogP contribution in [-0.4, -0.2) is 6.61 Å². The number of ether oxygens (including phenoxy) is 1. The van der Waals surface area contributed by atoms with Gasteiger partial charge in [-0.25, -0.2) is 0 Å². The molecule has 2 rings (SSSR count). The lowest BCUT2D eigenvalue weighted by Gasteiger charge is -2.19. The van der Waals surface area contributed by atoms with Crippen molar-refractivity contribution in [2.75, 3.05) is 6.61 Å². The van der Waals surface area contributed by atoms with E-state index in [0.29, 0.717) is 6.61 Å². The molecule has 1 unspecified atom stereocenters. The van der Waals surface area contributed by atoms with Crippen LogP contribution in [0.5, 0.6) is 5.75 Å². The molecule has 0 bridgehead atoms. The molecule has 2 heteroatoms. The second kappa shape index (κ2) is 5.89. The zero-order valence-corrected chi connectivity index (χ0v) is 11.8. The van der Waals surface area contributed by atoms with Crippen LogP contribution >= 0.6 is 0 Å². The molecular formula is C17H21NO. The molecule has 0 amide bonds. The molecule has 2 aromatic carbocycles. The van der Waals surface area contributed by atoms with Crippen molar-refractivity contribution < 1.29 is 4.74 Å². The fourth-order valence-corrected chi connectivity index (χ4v) is 2.37. The predicted molar refractivity (Wildman–Crippen MR) is 79.6 cm³/mol. The third-order valence-electron chi connectivity index (χ3n) is 3.31. The van der Waals surface area contributed by atoms with Crippen LogP contribution in [0, 0.1) is 13.8 Å². The van der Waals surface area contributed by atoms with Crippen LogP contribution in [0.1, 0.15) is 35.2 Å². The zero-order chi connectivity index (χ0) is 13.8. The van der Waals surface area contributed by atoms with Crippen molar-refractivity contribution in [3.63, 3.8) is 0 Å². The SMILES string of the molecule is CCOc1ccccc1C(N)c1ccc(C)cc1C. The van der Waals surface area contributed by atoms with E-state index in [-0.39, 0.29) is 6.04 Å². The maximum Gasteiger partial charge on any atom is 0.124 e. The number of para-hydroxylation sites is 1. The smallest absolute Gasteiger partial charge is 0.124 e. The summed E-state index contributed by atoms with van der Waals surface area (Å²) in [6.07, 6.45) is 0. The third-order valence-corrected chi connectivity index (χ3v) is 3.31. The lowest BCUT2D eigenvalue weighted by Crippen LogP contribution is -2.14. The number of aryl methyl sites for hydroxylation is 2. The number of hydrogen-bond acceptors (Lipinski definition) is 2. The molecule has 0 spiro atoms. The Labute approximate surface area is 115 Å². The topological polar surface area (TPSA) is 35.2 Å². The molecule has 0 saturated carbocycles. The van der Waals surface area contributed by atoms with Gasteiger partial charge in [0.2, 0.25) is 0 Å². The average molecular weight is 255 g/mol. The monoisotopic (exact) mass is 255 g/mol. The Hall–Kier alpha value is -1.80. The number of rotatable bonds is 4. The second-order valence-corrected chi connectivity index (χ2v) is 4.81. The van der Waals surface area contributed by atoms with Gasteiger partial charge in [-0.2, -0.15) is 0 Å². The molecule has 2 nitrogen and oxygen atoms in total. The Morgan fingerprint density at radius 1 is 1.05 bits per heavy atom. The lowest BCUT2D eigenvalue weighted by atomic mass is 9.94. The molecule has 0 aliphatic carbocycles. The van der Waals surface area contributed by atoms with Gasteiger partial charge in [-0.15, -0.1) is 0 Å². The molecule has 0 aromatic heterocycles. The summed E-state index contributed by atoms with van der Waals surface area (Å²) in [4.78, 5) is 0. The largest absolute Gasteiger partial charge is 0.494 e. The van der Waals surface area contributed by atoms with Crippen molar-refractivity contribution in [2.45, 2.75) is 26.8 Å². The predicted octanol–water partition coefficient (Wildman–Crippen LogP) is 3.75. The van der Waals surface area contributed by atoms with Gasteiger partial charge in [0.05, 0.1) is 12.6 Å². The van der Waals surface area contributed by atoms with Gasteiger partial charge in [0.1, 0.15) is 5.75 Å². The van der Waals surface area contributed by atoms with Gasteiger partial charge in [0.25, 0.3) is 0 Å². The molecular weight excluding hydrogens is 234 g/mol. The van der Waals surface area contributed by atoms with Gasteiger partial charge in [-0.1, -0.05) is 42.0 Å². The molecule has 2 aromatic rings. The fourth-order valence-electron chi connectivity index (χ4n) is 2.37. The Morgan fingerprint density at radius 2 is 1.79 bits per heavy atom. The van der Waals surface area contributed by atoms with E-state index in [9.17, 15) is 0 Å². The van der Waals surface area contributed by atoms with Crippen LogP contribution in [0.3, 0.4) is 0 Å². The molecule has 19 heavy (non-hydrogen) atoms. The van der Waals surface area contributed by atoms with Gasteiger partial charge >= 0.3 is 0 Å². The molecule has 0 heterocycles. The number of benzene rings is 2. The zero-order valence-electron chi connectivity index (χ0n) is 11.8.